The van der Waals surface area contributed by atoms with Crippen molar-refractivity contribution in [1.82, 2.24) is 10.8 Å². The molecule has 0 saturated heterocycles. The molecule has 148 valence electrons. The number of carbonyl (C=O) groups excluding carboxylic acids is 3. The minimum atomic E-state index is -0.369. The van der Waals surface area contributed by atoms with Gasteiger partial charge in [0, 0.05) is 43.1 Å². The molecule has 2 rings (SSSR count). The number of nitrogens with zero attached hydrogens (tertiary/aromatic N) is 1. The van der Waals surface area contributed by atoms with Gasteiger partial charge in [0.05, 0.1) is 0 Å². The third-order valence-electron chi connectivity index (χ3n) is 5.06. The number of nitrogens with one attached hydrogen (secondary N) is 2. The number of hydroxylamine groups is 1. The van der Waals surface area contributed by atoms with Crippen molar-refractivity contribution in [1.29, 1.82) is 0 Å². The van der Waals surface area contributed by atoms with Crippen molar-refractivity contribution in [2.24, 2.45) is 0 Å². The molecular formula is C20H29N3O4. The number of hydrogen-bond acceptors (Lipinski definition) is 4. The van der Waals surface area contributed by atoms with Gasteiger partial charge in [0.2, 0.25) is 11.8 Å². The van der Waals surface area contributed by atoms with Crippen molar-refractivity contribution < 1.29 is 19.6 Å². The highest BCUT2D eigenvalue weighted by atomic mass is 16.5. The molecule has 27 heavy (non-hydrogen) atoms. The lowest BCUT2D eigenvalue weighted by atomic mass is 9.77. The predicted octanol–water partition coefficient (Wildman–Crippen LogP) is 2.52. The summed E-state index contributed by atoms with van der Waals surface area (Å²) in [5, 5.41) is 11.3. The van der Waals surface area contributed by atoms with Crippen LogP contribution in [0.5, 0.6) is 0 Å². The van der Waals surface area contributed by atoms with Crippen LogP contribution in [0.2, 0.25) is 0 Å². The minimum Gasteiger partial charge on any atom is -0.352 e. The molecule has 1 aliphatic heterocycles. The Morgan fingerprint density at radius 2 is 1.89 bits per heavy atom. The maximum atomic E-state index is 12.4. The van der Waals surface area contributed by atoms with Crippen LogP contribution in [0.15, 0.2) is 18.2 Å². The van der Waals surface area contributed by atoms with Crippen LogP contribution in [0.1, 0.15) is 68.3 Å². The van der Waals surface area contributed by atoms with Gasteiger partial charge >= 0.3 is 0 Å². The van der Waals surface area contributed by atoms with Gasteiger partial charge in [-0.3, -0.25) is 19.6 Å². The van der Waals surface area contributed by atoms with Crippen LogP contribution in [-0.4, -0.2) is 36.5 Å². The normalized spacial score (nSPS) is 15.3. The van der Waals surface area contributed by atoms with Gasteiger partial charge in [-0.25, -0.2) is 5.48 Å². The summed E-state index contributed by atoms with van der Waals surface area (Å²) in [4.78, 5) is 37.1. The van der Waals surface area contributed by atoms with Crippen LogP contribution in [0.25, 0.3) is 0 Å². The van der Waals surface area contributed by atoms with E-state index in [1.165, 1.54) is 0 Å². The minimum absolute atomic E-state index is 0.0844. The van der Waals surface area contributed by atoms with E-state index < -0.39 is 0 Å². The highest BCUT2D eigenvalue weighted by molar-refractivity contribution is 6.00. The molecule has 3 N–H and O–H groups in total. The first-order valence-electron chi connectivity index (χ1n) is 9.38. The molecule has 0 spiro atoms. The van der Waals surface area contributed by atoms with Crippen LogP contribution in [0.4, 0.5) is 5.69 Å². The average molecular weight is 375 g/mol. The number of amides is 3. The first kappa shape index (κ1) is 20.9. The molecular weight excluding hydrogens is 346 g/mol. The van der Waals surface area contributed by atoms with Crippen LogP contribution in [0, 0.1) is 0 Å². The maximum absolute atomic E-state index is 12.4. The highest BCUT2D eigenvalue weighted by Gasteiger charge is 2.35. The first-order chi connectivity index (χ1) is 12.8. The van der Waals surface area contributed by atoms with Gasteiger partial charge in [-0.15, -0.1) is 0 Å². The van der Waals surface area contributed by atoms with Gasteiger partial charge in [-0.2, -0.15) is 0 Å². The Balaban J connectivity index is 1.86. The molecule has 0 saturated carbocycles. The van der Waals surface area contributed by atoms with E-state index in [4.69, 9.17) is 5.21 Å². The molecule has 0 fully saturated rings. The largest absolute Gasteiger partial charge is 0.352 e. The average Bonchev–Trinajstić information content (AvgIpc) is 2.64. The lowest BCUT2D eigenvalue weighted by Gasteiger charge is -2.37. The number of fused-ring (bicyclic) bond motifs is 1. The smallest absolute Gasteiger partial charge is 0.251 e. The second-order valence-electron chi connectivity index (χ2n) is 7.70. The SMILES string of the molecule is CN1C(=O)CC(C)(C)c2cc(C(=O)NCCCCCCC(=O)NO)ccc21. The third kappa shape index (κ3) is 5.29. The topological polar surface area (TPSA) is 98.7 Å². The summed E-state index contributed by atoms with van der Waals surface area (Å²) in [5.41, 5.74) is 3.79. The molecule has 0 radical (unpaired) electrons. The summed E-state index contributed by atoms with van der Waals surface area (Å²) < 4.78 is 0. The number of hydrogen-bond donors (Lipinski definition) is 3. The van der Waals surface area contributed by atoms with Gasteiger partial charge in [0.1, 0.15) is 0 Å². The van der Waals surface area contributed by atoms with Crippen LogP contribution < -0.4 is 15.7 Å². The molecule has 7 heteroatoms. The van der Waals surface area contributed by atoms with Crippen molar-refractivity contribution in [2.45, 2.75) is 57.8 Å². The molecule has 1 aliphatic rings. The standard InChI is InChI=1S/C20H29N3O4/c1-20(2)13-18(25)23(3)16-10-9-14(12-15(16)20)19(26)21-11-7-5-4-6-8-17(24)22-27/h9-10,12,27H,4-8,11,13H2,1-3H3,(H,21,26)(H,22,24). The zero-order chi connectivity index (χ0) is 20.0. The zero-order valence-electron chi connectivity index (χ0n) is 16.3. The van der Waals surface area contributed by atoms with Crippen molar-refractivity contribution in [3.63, 3.8) is 0 Å². The molecule has 0 aromatic heterocycles. The predicted molar refractivity (Wildman–Crippen MR) is 103 cm³/mol. The van der Waals surface area contributed by atoms with Crippen molar-refractivity contribution >= 4 is 23.4 Å². The monoisotopic (exact) mass is 375 g/mol. The Morgan fingerprint density at radius 1 is 1.19 bits per heavy atom. The molecule has 3 amide bonds. The first-order valence-corrected chi connectivity index (χ1v) is 9.38. The van der Waals surface area contributed by atoms with Crippen molar-refractivity contribution in [3.8, 4) is 0 Å². The molecule has 1 aromatic rings. The van der Waals surface area contributed by atoms with E-state index in [-0.39, 0.29) is 23.1 Å². The van der Waals surface area contributed by atoms with Crippen molar-refractivity contribution in [3.05, 3.63) is 29.3 Å². The van der Waals surface area contributed by atoms with Crippen LogP contribution in [-0.2, 0) is 15.0 Å². The Bertz CT molecular complexity index is 715. The summed E-state index contributed by atoms with van der Waals surface area (Å²) in [5.74, 6) is -0.403. The summed E-state index contributed by atoms with van der Waals surface area (Å²) >= 11 is 0. The third-order valence-corrected chi connectivity index (χ3v) is 5.06. The van der Waals surface area contributed by atoms with Crippen LogP contribution >= 0.6 is 0 Å². The van der Waals surface area contributed by atoms with Crippen molar-refractivity contribution in [2.75, 3.05) is 18.5 Å². The molecule has 0 atom stereocenters. The Labute approximate surface area is 160 Å². The summed E-state index contributed by atoms with van der Waals surface area (Å²) in [6, 6.07) is 5.49. The fourth-order valence-electron chi connectivity index (χ4n) is 3.36. The fourth-order valence-corrected chi connectivity index (χ4v) is 3.36. The summed E-state index contributed by atoms with van der Waals surface area (Å²) in [6.45, 7) is 4.62. The van der Waals surface area contributed by atoms with E-state index in [9.17, 15) is 14.4 Å². The summed E-state index contributed by atoms with van der Waals surface area (Å²) in [7, 11) is 1.76. The van der Waals surface area contributed by atoms with Gasteiger partial charge < -0.3 is 10.2 Å². The second kappa shape index (κ2) is 8.99. The Morgan fingerprint density at radius 3 is 2.59 bits per heavy atom. The molecule has 1 aromatic carbocycles. The van der Waals surface area contributed by atoms with E-state index in [0.717, 1.165) is 30.5 Å². The second-order valence-corrected chi connectivity index (χ2v) is 7.70. The van der Waals surface area contributed by atoms with Crippen LogP contribution in [0.3, 0.4) is 0 Å². The van der Waals surface area contributed by atoms with E-state index in [0.29, 0.717) is 31.4 Å². The number of anilines is 1. The molecule has 1 heterocycles. The van der Waals surface area contributed by atoms with E-state index in [1.54, 1.807) is 23.5 Å². The molecule has 7 nitrogen and oxygen atoms in total. The fraction of sp³-hybridized carbons (Fsp3) is 0.550. The number of carbonyl (C=O) groups is 3. The molecule has 0 bridgehead atoms. The quantitative estimate of drug-likeness (QED) is 0.369. The zero-order valence-corrected chi connectivity index (χ0v) is 16.3. The summed E-state index contributed by atoms with van der Waals surface area (Å²) in [6.07, 6.45) is 4.06. The van der Waals surface area contributed by atoms with Gasteiger partial charge in [-0.05, 0) is 36.6 Å². The molecule has 0 aliphatic carbocycles. The molecule has 0 unspecified atom stereocenters. The number of rotatable bonds is 8. The van der Waals surface area contributed by atoms with E-state index in [1.807, 2.05) is 26.0 Å². The number of benzene rings is 1. The van der Waals surface area contributed by atoms with E-state index in [2.05, 4.69) is 5.32 Å². The maximum Gasteiger partial charge on any atom is 0.251 e. The Hall–Kier alpha value is -2.41. The lowest BCUT2D eigenvalue weighted by Crippen LogP contribution is -2.39. The lowest BCUT2D eigenvalue weighted by molar-refractivity contribution is -0.129. The Kier molecular flexibility index (Phi) is 6.96. The van der Waals surface area contributed by atoms with E-state index >= 15 is 0 Å². The van der Waals surface area contributed by atoms with Gasteiger partial charge in [0.25, 0.3) is 5.91 Å². The van der Waals surface area contributed by atoms with Gasteiger partial charge in [0.15, 0.2) is 0 Å². The van der Waals surface area contributed by atoms with Gasteiger partial charge in [-0.1, -0.05) is 26.7 Å². The highest BCUT2D eigenvalue weighted by Crippen LogP contribution is 2.39. The number of unbranched alkanes of at least 4 members (excludes halogenated alkanes) is 3.